The van der Waals surface area contributed by atoms with Crippen molar-refractivity contribution in [1.82, 2.24) is 0 Å². The zero-order valence-electron chi connectivity index (χ0n) is 11.6. The first-order chi connectivity index (χ1) is 9.56. The average Bonchev–Trinajstić information content (AvgIpc) is 2.46. The second-order valence-electron chi connectivity index (χ2n) is 4.47. The van der Waals surface area contributed by atoms with Gasteiger partial charge in [-0.2, -0.15) is 0 Å². The second-order valence-corrected chi connectivity index (χ2v) is 5.82. The van der Waals surface area contributed by atoms with E-state index < -0.39 is 0 Å². The van der Waals surface area contributed by atoms with Gasteiger partial charge in [-0.15, -0.1) is 11.6 Å². The lowest BCUT2D eigenvalue weighted by atomic mass is 9.99. The monoisotopic (exact) mass is 354 g/mol. The molecule has 0 fully saturated rings. The van der Waals surface area contributed by atoms with Crippen LogP contribution in [0, 0.1) is 6.92 Å². The molecule has 2 nitrogen and oxygen atoms in total. The summed E-state index contributed by atoms with van der Waals surface area (Å²) in [6.07, 6.45) is 0. The molecule has 0 aromatic heterocycles. The molecule has 106 valence electrons. The molecule has 0 aliphatic rings. The second kappa shape index (κ2) is 6.51. The highest BCUT2D eigenvalue weighted by Gasteiger charge is 2.18. The van der Waals surface area contributed by atoms with Gasteiger partial charge in [0.1, 0.15) is 11.5 Å². The van der Waals surface area contributed by atoms with Gasteiger partial charge in [-0.1, -0.05) is 22.0 Å². The number of hydrogen-bond acceptors (Lipinski definition) is 2. The summed E-state index contributed by atoms with van der Waals surface area (Å²) in [4.78, 5) is 0. The molecule has 0 amide bonds. The molecular weight excluding hydrogens is 340 g/mol. The van der Waals surface area contributed by atoms with Gasteiger partial charge in [0, 0.05) is 10.0 Å². The van der Waals surface area contributed by atoms with Gasteiger partial charge in [0.25, 0.3) is 0 Å². The van der Waals surface area contributed by atoms with E-state index in [1.807, 2.05) is 37.3 Å². The van der Waals surface area contributed by atoms with Gasteiger partial charge >= 0.3 is 0 Å². The Balaban J connectivity index is 2.48. The van der Waals surface area contributed by atoms with Crippen molar-refractivity contribution in [3.63, 3.8) is 0 Å². The minimum atomic E-state index is -0.284. The Labute approximate surface area is 132 Å². The standard InChI is InChI=1S/C16H16BrClO2/c1-10-8-11(17)4-6-13(10)16(18)14-9-12(19-2)5-7-15(14)20-3/h4-9,16H,1-3H3. The van der Waals surface area contributed by atoms with Crippen molar-refractivity contribution in [3.8, 4) is 11.5 Å². The van der Waals surface area contributed by atoms with Crippen LogP contribution in [0.1, 0.15) is 22.1 Å². The van der Waals surface area contributed by atoms with Crippen molar-refractivity contribution < 1.29 is 9.47 Å². The van der Waals surface area contributed by atoms with Crippen molar-refractivity contribution >= 4 is 27.5 Å². The number of methoxy groups -OCH3 is 2. The zero-order chi connectivity index (χ0) is 14.7. The lowest BCUT2D eigenvalue weighted by Crippen LogP contribution is -2.00. The van der Waals surface area contributed by atoms with Crippen LogP contribution in [-0.4, -0.2) is 14.2 Å². The summed E-state index contributed by atoms with van der Waals surface area (Å²) in [6, 6.07) is 11.7. The number of rotatable bonds is 4. The molecular formula is C16H16BrClO2. The molecule has 0 spiro atoms. The van der Waals surface area contributed by atoms with Crippen LogP contribution < -0.4 is 9.47 Å². The van der Waals surface area contributed by atoms with E-state index in [1.165, 1.54) is 0 Å². The summed E-state index contributed by atoms with van der Waals surface area (Å²) < 4.78 is 11.7. The number of aryl methyl sites for hydroxylation is 1. The van der Waals surface area contributed by atoms with E-state index in [1.54, 1.807) is 14.2 Å². The molecule has 0 aliphatic carbocycles. The van der Waals surface area contributed by atoms with Crippen molar-refractivity contribution in [3.05, 3.63) is 57.6 Å². The van der Waals surface area contributed by atoms with Crippen molar-refractivity contribution in [2.75, 3.05) is 14.2 Å². The van der Waals surface area contributed by atoms with Gasteiger partial charge in [-0.3, -0.25) is 0 Å². The van der Waals surface area contributed by atoms with Gasteiger partial charge in [-0.25, -0.2) is 0 Å². The lowest BCUT2D eigenvalue weighted by Gasteiger charge is -2.17. The Bertz CT molecular complexity index is 613. The number of halogens is 2. The maximum atomic E-state index is 6.65. The Hall–Kier alpha value is -1.19. The van der Waals surface area contributed by atoms with Gasteiger partial charge in [-0.05, 0) is 48.4 Å². The summed E-state index contributed by atoms with van der Waals surface area (Å²) in [6.45, 7) is 2.04. The normalized spacial score (nSPS) is 12.1. The summed E-state index contributed by atoms with van der Waals surface area (Å²) >= 11 is 10.1. The SMILES string of the molecule is COc1ccc(OC)c(C(Cl)c2ccc(Br)cc2C)c1. The first kappa shape index (κ1) is 15.2. The molecule has 20 heavy (non-hydrogen) atoms. The number of alkyl halides is 1. The highest BCUT2D eigenvalue weighted by molar-refractivity contribution is 9.10. The van der Waals surface area contributed by atoms with Gasteiger partial charge < -0.3 is 9.47 Å². The third-order valence-electron chi connectivity index (χ3n) is 3.21. The minimum Gasteiger partial charge on any atom is -0.497 e. The molecule has 1 atom stereocenters. The first-order valence-corrected chi connectivity index (χ1v) is 7.41. The Morgan fingerprint density at radius 2 is 1.75 bits per heavy atom. The van der Waals surface area contributed by atoms with E-state index in [2.05, 4.69) is 22.0 Å². The van der Waals surface area contributed by atoms with E-state index in [9.17, 15) is 0 Å². The molecule has 2 aromatic rings. The zero-order valence-corrected chi connectivity index (χ0v) is 14.0. The predicted molar refractivity (Wildman–Crippen MR) is 86.1 cm³/mol. The van der Waals surface area contributed by atoms with Crippen molar-refractivity contribution in [2.24, 2.45) is 0 Å². The third-order valence-corrected chi connectivity index (χ3v) is 4.18. The molecule has 0 heterocycles. The van der Waals surface area contributed by atoms with Crippen molar-refractivity contribution in [1.29, 1.82) is 0 Å². The summed E-state index contributed by atoms with van der Waals surface area (Å²) in [7, 11) is 3.28. The van der Waals surface area contributed by atoms with Crippen LogP contribution in [0.5, 0.6) is 11.5 Å². The molecule has 0 saturated carbocycles. The summed E-state index contributed by atoms with van der Waals surface area (Å²) in [5.74, 6) is 1.52. The molecule has 2 aromatic carbocycles. The minimum absolute atomic E-state index is 0.284. The van der Waals surface area contributed by atoms with E-state index in [4.69, 9.17) is 21.1 Å². The molecule has 4 heteroatoms. The topological polar surface area (TPSA) is 18.5 Å². The van der Waals surface area contributed by atoms with Gasteiger partial charge in [0.15, 0.2) is 0 Å². The fraction of sp³-hybridized carbons (Fsp3) is 0.250. The first-order valence-electron chi connectivity index (χ1n) is 6.19. The van der Waals surface area contributed by atoms with Crippen LogP contribution in [0.15, 0.2) is 40.9 Å². The van der Waals surface area contributed by atoms with Crippen LogP contribution in [0.4, 0.5) is 0 Å². The maximum Gasteiger partial charge on any atom is 0.124 e. The fourth-order valence-corrected chi connectivity index (χ4v) is 3.02. The smallest absolute Gasteiger partial charge is 0.124 e. The van der Waals surface area contributed by atoms with Crippen LogP contribution in [-0.2, 0) is 0 Å². The van der Waals surface area contributed by atoms with E-state index in [0.717, 1.165) is 32.7 Å². The van der Waals surface area contributed by atoms with Crippen LogP contribution >= 0.6 is 27.5 Å². The number of hydrogen-bond donors (Lipinski definition) is 0. The molecule has 1 unspecified atom stereocenters. The molecule has 0 saturated heterocycles. The van der Waals surface area contributed by atoms with Crippen molar-refractivity contribution in [2.45, 2.75) is 12.3 Å². The Morgan fingerprint density at radius 3 is 2.35 bits per heavy atom. The molecule has 0 N–H and O–H groups in total. The van der Waals surface area contributed by atoms with E-state index in [0.29, 0.717) is 0 Å². The third kappa shape index (κ3) is 3.10. The summed E-state index contributed by atoms with van der Waals surface area (Å²) in [5, 5.41) is -0.284. The summed E-state index contributed by atoms with van der Waals surface area (Å²) in [5.41, 5.74) is 3.09. The number of ether oxygens (including phenoxy) is 2. The van der Waals surface area contributed by atoms with Gasteiger partial charge in [0.2, 0.25) is 0 Å². The average molecular weight is 356 g/mol. The quantitative estimate of drug-likeness (QED) is 0.710. The predicted octanol–water partition coefficient (Wildman–Crippen LogP) is 5.10. The largest absolute Gasteiger partial charge is 0.497 e. The van der Waals surface area contributed by atoms with Crippen LogP contribution in [0.2, 0.25) is 0 Å². The Morgan fingerprint density at radius 1 is 1.00 bits per heavy atom. The van der Waals surface area contributed by atoms with Gasteiger partial charge in [0.05, 0.1) is 19.6 Å². The maximum absolute atomic E-state index is 6.65. The molecule has 2 rings (SSSR count). The Kier molecular flexibility index (Phi) is 4.95. The highest BCUT2D eigenvalue weighted by atomic mass is 79.9. The van der Waals surface area contributed by atoms with E-state index in [-0.39, 0.29) is 5.38 Å². The van der Waals surface area contributed by atoms with E-state index >= 15 is 0 Å². The molecule has 0 radical (unpaired) electrons. The molecule has 0 aliphatic heterocycles. The molecule has 0 bridgehead atoms. The number of benzene rings is 2. The van der Waals surface area contributed by atoms with Crippen LogP contribution in [0.3, 0.4) is 0 Å². The fourth-order valence-electron chi connectivity index (χ4n) is 2.13. The highest BCUT2D eigenvalue weighted by Crippen LogP contribution is 2.38. The lowest BCUT2D eigenvalue weighted by molar-refractivity contribution is 0.399. The van der Waals surface area contributed by atoms with Crippen LogP contribution in [0.25, 0.3) is 0 Å².